The highest BCUT2D eigenvalue weighted by atomic mass is 16.4. The van der Waals surface area contributed by atoms with Crippen molar-refractivity contribution in [1.82, 2.24) is 19.5 Å². The number of carboxylic acid groups (broad SMARTS) is 1. The van der Waals surface area contributed by atoms with Gasteiger partial charge in [-0.3, -0.25) is 4.79 Å². The second-order valence-corrected chi connectivity index (χ2v) is 9.22. The Kier molecular flexibility index (Phi) is 6.11. The average Bonchev–Trinajstić information content (AvgIpc) is 3.35. The summed E-state index contributed by atoms with van der Waals surface area (Å²) in [5.74, 6) is -0.321. The van der Waals surface area contributed by atoms with E-state index in [1.165, 1.54) is 22.5 Å². The number of carbonyl (C=O) groups is 2. The van der Waals surface area contributed by atoms with Gasteiger partial charge in [0.25, 0.3) is 5.91 Å². The summed E-state index contributed by atoms with van der Waals surface area (Å²) in [6.45, 7) is 3.38. The average molecular weight is 472 g/mol. The van der Waals surface area contributed by atoms with Crippen LogP contribution in [0.3, 0.4) is 0 Å². The Bertz CT molecular complexity index is 1310. The molecule has 1 amide bonds. The molecule has 0 bridgehead atoms. The minimum atomic E-state index is -1.11. The van der Waals surface area contributed by atoms with Crippen molar-refractivity contribution in [3.05, 3.63) is 83.7 Å². The number of benzene rings is 1. The predicted molar refractivity (Wildman–Crippen MR) is 134 cm³/mol. The zero-order valence-corrected chi connectivity index (χ0v) is 19.7. The van der Waals surface area contributed by atoms with Crippen LogP contribution in [0, 0.1) is 0 Å². The molecule has 180 valence electrons. The number of fused-ring (bicyclic) bond motifs is 1. The van der Waals surface area contributed by atoms with Gasteiger partial charge in [-0.05, 0) is 37.2 Å². The standard InChI is InChI=1S/C27H29N5O3/c1-2-27(13-7-4-8-14-27)30-24-21(17-28-23-22(26(34)35)18-29-32(23)24)25(33)31-15-11-20(12-16-31)19-9-5-3-6-10-19/h3-10,13,17-18,20,30H,2,11-12,14-16H2,1H3,(H,34,35). The zero-order valence-electron chi connectivity index (χ0n) is 19.7. The number of aromatic carboxylic acids is 1. The van der Waals surface area contributed by atoms with Crippen LogP contribution >= 0.6 is 0 Å². The number of amides is 1. The number of hydrogen-bond acceptors (Lipinski definition) is 5. The fraction of sp³-hybridized carbons (Fsp3) is 0.333. The van der Waals surface area contributed by atoms with Gasteiger partial charge in [-0.1, -0.05) is 61.6 Å². The van der Waals surface area contributed by atoms with Crippen molar-refractivity contribution < 1.29 is 14.7 Å². The maximum absolute atomic E-state index is 13.7. The zero-order chi connectivity index (χ0) is 24.4. The minimum Gasteiger partial charge on any atom is -0.477 e. The Balaban J connectivity index is 1.48. The number of anilines is 1. The largest absolute Gasteiger partial charge is 0.477 e. The molecular formula is C27H29N5O3. The molecule has 1 fully saturated rings. The van der Waals surface area contributed by atoms with Crippen LogP contribution in [-0.4, -0.2) is 55.1 Å². The van der Waals surface area contributed by atoms with E-state index < -0.39 is 11.5 Å². The summed E-state index contributed by atoms with van der Waals surface area (Å²) in [7, 11) is 0. The van der Waals surface area contributed by atoms with E-state index >= 15 is 0 Å². The summed E-state index contributed by atoms with van der Waals surface area (Å²) in [4.78, 5) is 31.6. The van der Waals surface area contributed by atoms with Crippen LogP contribution < -0.4 is 5.32 Å². The maximum atomic E-state index is 13.7. The van der Waals surface area contributed by atoms with Crippen molar-refractivity contribution in [3.63, 3.8) is 0 Å². The molecular weight excluding hydrogens is 442 g/mol. The van der Waals surface area contributed by atoms with Gasteiger partial charge >= 0.3 is 5.97 Å². The summed E-state index contributed by atoms with van der Waals surface area (Å²) in [6.07, 6.45) is 14.2. The van der Waals surface area contributed by atoms with Gasteiger partial charge in [0, 0.05) is 19.3 Å². The van der Waals surface area contributed by atoms with E-state index in [1.54, 1.807) is 0 Å². The lowest BCUT2D eigenvalue weighted by Crippen LogP contribution is -2.41. The van der Waals surface area contributed by atoms with E-state index in [0.717, 1.165) is 25.7 Å². The van der Waals surface area contributed by atoms with E-state index in [0.29, 0.717) is 30.4 Å². The Morgan fingerprint density at radius 2 is 1.89 bits per heavy atom. The molecule has 3 aromatic rings. The van der Waals surface area contributed by atoms with Gasteiger partial charge in [0.05, 0.1) is 11.7 Å². The highest BCUT2D eigenvalue weighted by Gasteiger charge is 2.32. The molecule has 3 heterocycles. The second kappa shape index (κ2) is 9.37. The number of nitrogens with zero attached hydrogens (tertiary/aromatic N) is 4. The van der Waals surface area contributed by atoms with Crippen LogP contribution in [0.5, 0.6) is 0 Å². The predicted octanol–water partition coefficient (Wildman–Crippen LogP) is 4.52. The summed E-state index contributed by atoms with van der Waals surface area (Å²) in [6, 6.07) is 10.4. The first-order valence-corrected chi connectivity index (χ1v) is 12.1. The number of rotatable bonds is 6. The van der Waals surface area contributed by atoms with Crippen molar-refractivity contribution >= 4 is 23.3 Å². The third-order valence-corrected chi connectivity index (χ3v) is 7.18. The first kappa shape index (κ1) is 22.8. The van der Waals surface area contributed by atoms with Crippen LogP contribution in [0.15, 0.2) is 67.0 Å². The van der Waals surface area contributed by atoms with Crippen LogP contribution in [0.1, 0.15) is 64.8 Å². The van der Waals surface area contributed by atoms with Crippen molar-refractivity contribution in [1.29, 1.82) is 0 Å². The number of carbonyl (C=O) groups excluding carboxylic acids is 1. The molecule has 0 saturated carbocycles. The Hall–Kier alpha value is -3.94. The van der Waals surface area contributed by atoms with Crippen molar-refractivity contribution in [2.45, 2.75) is 44.1 Å². The van der Waals surface area contributed by atoms with Crippen molar-refractivity contribution in [2.24, 2.45) is 0 Å². The topological polar surface area (TPSA) is 99.8 Å². The molecule has 1 unspecified atom stereocenters. The summed E-state index contributed by atoms with van der Waals surface area (Å²) < 4.78 is 1.46. The molecule has 5 rings (SSSR count). The normalized spacial score (nSPS) is 20.3. The molecule has 2 aliphatic rings. The lowest BCUT2D eigenvalue weighted by molar-refractivity contribution is 0.0695. The van der Waals surface area contributed by atoms with E-state index in [9.17, 15) is 14.7 Å². The molecule has 0 spiro atoms. The van der Waals surface area contributed by atoms with E-state index in [4.69, 9.17) is 0 Å². The Morgan fingerprint density at radius 3 is 2.54 bits per heavy atom. The van der Waals surface area contributed by atoms with Crippen LogP contribution in [0.2, 0.25) is 0 Å². The van der Waals surface area contributed by atoms with Gasteiger partial charge in [0.2, 0.25) is 0 Å². The van der Waals surface area contributed by atoms with Crippen LogP contribution in [0.25, 0.3) is 5.65 Å². The van der Waals surface area contributed by atoms with E-state index in [1.807, 2.05) is 23.1 Å². The number of likely N-dealkylation sites (tertiary alicyclic amines) is 1. The molecule has 2 N–H and O–H groups in total. The smallest absolute Gasteiger partial charge is 0.341 e. The molecule has 1 saturated heterocycles. The van der Waals surface area contributed by atoms with Gasteiger partial charge in [0.15, 0.2) is 5.65 Å². The molecule has 1 aliphatic carbocycles. The molecule has 8 heteroatoms. The van der Waals surface area contributed by atoms with Crippen molar-refractivity contribution in [3.8, 4) is 0 Å². The highest BCUT2D eigenvalue weighted by Crippen LogP contribution is 2.32. The fourth-order valence-corrected chi connectivity index (χ4v) is 5.01. The number of aromatic nitrogens is 3. The number of allylic oxidation sites excluding steroid dienone is 2. The van der Waals surface area contributed by atoms with E-state index in [-0.39, 0.29) is 17.1 Å². The summed E-state index contributed by atoms with van der Waals surface area (Å²) in [5.41, 5.74) is 1.51. The molecule has 8 nitrogen and oxygen atoms in total. The molecule has 1 aromatic carbocycles. The lowest BCUT2D eigenvalue weighted by atomic mass is 9.88. The van der Waals surface area contributed by atoms with Crippen LogP contribution in [-0.2, 0) is 0 Å². The molecule has 35 heavy (non-hydrogen) atoms. The van der Waals surface area contributed by atoms with Gasteiger partial charge in [-0.15, -0.1) is 0 Å². The Labute approximate surface area is 204 Å². The fourth-order valence-electron chi connectivity index (χ4n) is 5.01. The molecule has 1 atom stereocenters. The third kappa shape index (κ3) is 4.32. The van der Waals surface area contributed by atoms with Gasteiger partial charge < -0.3 is 15.3 Å². The van der Waals surface area contributed by atoms with Gasteiger partial charge in [0.1, 0.15) is 16.9 Å². The van der Waals surface area contributed by atoms with Crippen molar-refractivity contribution in [2.75, 3.05) is 18.4 Å². The maximum Gasteiger partial charge on any atom is 0.341 e. The van der Waals surface area contributed by atoms with Gasteiger partial charge in [-0.2, -0.15) is 9.61 Å². The first-order chi connectivity index (χ1) is 17.0. The second-order valence-electron chi connectivity index (χ2n) is 9.22. The number of hydrogen-bond donors (Lipinski definition) is 2. The first-order valence-electron chi connectivity index (χ1n) is 12.1. The summed E-state index contributed by atoms with van der Waals surface area (Å²) in [5, 5.41) is 17.4. The molecule has 0 radical (unpaired) electrons. The number of piperidine rings is 1. The molecule has 1 aliphatic heterocycles. The monoisotopic (exact) mass is 471 g/mol. The van der Waals surface area contributed by atoms with E-state index in [2.05, 4.69) is 58.7 Å². The summed E-state index contributed by atoms with van der Waals surface area (Å²) >= 11 is 0. The lowest BCUT2D eigenvalue weighted by Gasteiger charge is -2.35. The molecule has 2 aromatic heterocycles. The quantitative estimate of drug-likeness (QED) is 0.548. The third-order valence-electron chi connectivity index (χ3n) is 7.18. The van der Waals surface area contributed by atoms with Gasteiger partial charge in [-0.25, -0.2) is 9.78 Å². The minimum absolute atomic E-state index is 0.000329. The SMILES string of the molecule is CCC1(Nc2c(C(=O)N3CCC(c4ccccc4)CC3)cnc3c(C(=O)O)cnn23)C=CC=CC1. The number of nitrogens with one attached hydrogen (secondary N) is 1. The number of carboxylic acids is 1. The highest BCUT2D eigenvalue weighted by molar-refractivity contribution is 6.00. The van der Waals surface area contributed by atoms with Crippen LogP contribution in [0.4, 0.5) is 5.82 Å². The Morgan fingerprint density at radius 1 is 1.11 bits per heavy atom.